The Morgan fingerprint density at radius 3 is 2.56 bits per heavy atom. The minimum absolute atomic E-state index is 0.332. The van der Waals surface area contributed by atoms with Crippen molar-refractivity contribution in [3.05, 3.63) is 76.7 Å². The molecular formula is C25H26N4O4S. The first-order chi connectivity index (χ1) is 16.3. The molecule has 0 fully saturated rings. The number of benzene rings is 2. The summed E-state index contributed by atoms with van der Waals surface area (Å²) in [4.78, 5) is 15.5. The lowest BCUT2D eigenvalue weighted by molar-refractivity contribution is -0.113. The van der Waals surface area contributed by atoms with Crippen molar-refractivity contribution in [2.75, 3.05) is 24.4 Å². The highest BCUT2D eigenvalue weighted by atomic mass is 32.1. The van der Waals surface area contributed by atoms with E-state index in [1.807, 2.05) is 55.1 Å². The van der Waals surface area contributed by atoms with Gasteiger partial charge in [0, 0.05) is 29.1 Å². The predicted molar refractivity (Wildman–Crippen MR) is 134 cm³/mol. The van der Waals surface area contributed by atoms with Crippen LogP contribution in [0, 0.1) is 13.8 Å². The maximum Gasteiger partial charge on any atom is 0.257 e. The van der Waals surface area contributed by atoms with Crippen LogP contribution in [0.5, 0.6) is 11.5 Å². The number of allylic oxidation sites excluding steroid dienone is 1. The van der Waals surface area contributed by atoms with Crippen molar-refractivity contribution in [2.45, 2.75) is 26.8 Å². The zero-order valence-electron chi connectivity index (χ0n) is 19.6. The van der Waals surface area contributed by atoms with E-state index in [0.29, 0.717) is 39.5 Å². The van der Waals surface area contributed by atoms with Crippen molar-refractivity contribution >= 4 is 34.7 Å². The first-order valence-corrected chi connectivity index (χ1v) is 11.1. The molecule has 0 radical (unpaired) electrons. The SMILES string of the molecule is COc1ccc([C@@H]2NC(=S)N(c3cccc(C)c3)C(C)=C2C(=O)Nc2cc(C)on2)c(OC)c1. The van der Waals surface area contributed by atoms with E-state index in [2.05, 4.69) is 15.8 Å². The maximum absolute atomic E-state index is 13.6. The third-order valence-electron chi connectivity index (χ3n) is 5.61. The van der Waals surface area contributed by atoms with E-state index in [1.54, 1.807) is 33.3 Å². The van der Waals surface area contributed by atoms with Crippen LogP contribution in [-0.2, 0) is 4.79 Å². The molecule has 1 atom stereocenters. The maximum atomic E-state index is 13.6. The standard InChI is InChI=1S/C25H26N4O4S/c1-14-7-6-8-17(11-14)29-16(3)22(24(30)26-21-12-15(2)33-28-21)23(27-25(29)34)19-10-9-18(31-4)13-20(19)32-5/h6-13,23H,1-5H3,(H,27,34)(H,26,28,30)/t23-/m0/s1. The first-order valence-electron chi connectivity index (χ1n) is 10.7. The highest BCUT2D eigenvalue weighted by Crippen LogP contribution is 2.39. The predicted octanol–water partition coefficient (Wildman–Crippen LogP) is 4.66. The molecule has 1 amide bonds. The Morgan fingerprint density at radius 1 is 1.12 bits per heavy atom. The Hall–Kier alpha value is -3.85. The Bertz CT molecular complexity index is 1280. The molecular weight excluding hydrogens is 452 g/mol. The number of nitrogens with one attached hydrogen (secondary N) is 2. The average molecular weight is 479 g/mol. The minimum atomic E-state index is -0.567. The zero-order chi connectivity index (χ0) is 24.4. The van der Waals surface area contributed by atoms with Gasteiger partial charge < -0.3 is 24.6 Å². The van der Waals surface area contributed by atoms with Crippen LogP contribution in [-0.4, -0.2) is 30.4 Å². The number of hydrogen-bond donors (Lipinski definition) is 2. The number of methoxy groups -OCH3 is 2. The second-order valence-corrected chi connectivity index (χ2v) is 8.33. The largest absolute Gasteiger partial charge is 0.497 e. The second-order valence-electron chi connectivity index (χ2n) is 7.94. The molecule has 0 aliphatic carbocycles. The molecule has 8 nitrogen and oxygen atoms in total. The zero-order valence-corrected chi connectivity index (χ0v) is 20.4. The van der Waals surface area contributed by atoms with Gasteiger partial charge in [0.1, 0.15) is 17.3 Å². The molecule has 176 valence electrons. The third kappa shape index (κ3) is 4.47. The normalized spacial score (nSPS) is 15.7. The van der Waals surface area contributed by atoms with Gasteiger partial charge in [-0.25, -0.2) is 0 Å². The number of carbonyl (C=O) groups is 1. The summed E-state index contributed by atoms with van der Waals surface area (Å²) in [6, 6.07) is 14.5. The van der Waals surface area contributed by atoms with Gasteiger partial charge in [0.2, 0.25) is 0 Å². The van der Waals surface area contributed by atoms with E-state index in [-0.39, 0.29) is 5.91 Å². The molecule has 9 heteroatoms. The van der Waals surface area contributed by atoms with Crippen molar-refractivity contribution in [3.8, 4) is 11.5 Å². The Balaban J connectivity index is 1.85. The van der Waals surface area contributed by atoms with Crippen LogP contribution < -0.4 is 25.0 Å². The van der Waals surface area contributed by atoms with Crippen LogP contribution >= 0.6 is 12.2 Å². The van der Waals surface area contributed by atoms with Crippen molar-refractivity contribution in [3.63, 3.8) is 0 Å². The third-order valence-corrected chi connectivity index (χ3v) is 5.91. The number of anilines is 2. The fourth-order valence-corrected chi connectivity index (χ4v) is 4.37. The van der Waals surface area contributed by atoms with Gasteiger partial charge in [-0.1, -0.05) is 17.3 Å². The smallest absolute Gasteiger partial charge is 0.257 e. The summed E-state index contributed by atoms with van der Waals surface area (Å²) < 4.78 is 16.1. The summed E-state index contributed by atoms with van der Waals surface area (Å²) in [5.41, 5.74) is 3.85. The van der Waals surface area contributed by atoms with E-state index >= 15 is 0 Å². The highest BCUT2D eigenvalue weighted by molar-refractivity contribution is 7.80. The molecule has 34 heavy (non-hydrogen) atoms. The van der Waals surface area contributed by atoms with Crippen LogP contribution in [0.1, 0.15) is 29.9 Å². The molecule has 0 saturated heterocycles. The Labute approximate surface area is 203 Å². The van der Waals surface area contributed by atoms with Gasteiger partial charge in [-0.2, -0.15) is 0 Å². The number of ether oxygens (including phenoxy) is 2. The highest BCUT2D eigenvalue weighted by Gasteiger charge is 2.36. The van der Waals surface area contributed by atoms with Gasteiger partial charge in [-0.15, -0.1) is 0 Å². The molecule has 1 aromatic heterocycles. The van der Waals surface area contributed by atoms with Crippen molar-refractivity contribution in [2.24, 2.45) is 0 Å². The Kier molecular flexibility index (Phi) is 6.56. The van der Waals surface area contributed by atoms with E-state index < -0.39 is 6.04 Å². The van der Waals surface area contributed by atoms with E-state index in [4.69, 9.17) is 26.2 Å². The molecule has 1 aliphatic rings. The van der Waals surface area contributed by atoms with Crippen LogP contribution in [0.4, 0.5) is 11.5 Å². The van der Waals surface area contributed by atoms with Gasteiger partial charge in [0.25, 0.3) is 5.91 Å². The summed E-state index contributed by atoms with van der Waals surface area (Å²) >= 11 is 5.76. The minimum Gasteiger partial charge on any atom is -0.497 e. The number of nitrogens with zero attached hydrogens (tertiary/aromatic N) is 2. The lowest BCUT2D eigenvalue weighted by Gasteiger charge is -2.38. The summed E-state index contributed by atoms with van der Waals surface area (Å²) in [5, 5.41) is 10.6. The lowest BCUT2D eigenvalue weighted by atomic mass is 9.93. The molecule has 4 rings (SSSR count). The fraction of sp³-hybridized carbons (Fsp3) is 0.240. The molecule has 0 saturated carbocycles. The van der Waals surface area contributed by atoms with E-state index in [1.165, 1.54) is 0 Å². The summed E-state index contributed by atoms with van der Waals surface area (Å²) in [5.74, 6) is 1.81. The number of carbonyl (C=O) groups excluding carboxylic acids is 1. The Morgan fingerprint density at radius 2 is 1.91 bits per heavy atom. The van der Waals surface area contributed by atoms with Gasteiger partial charge in [0.05, 0.1) is 25.8 Å². The van der Waals surface area contributed by atoms with Gasteiger partial charge >= 0.3 is 0 Å². The number of amides is 1. The second kappa shape index (κ2) is 9.56. The molecule has 2 N–H and O–H groups in total. The summed E-state index contributed by atoms with van der Waals surface area (Å²) in [7, 11) is 3.16. The fourth-order valence-electron chi connectivity index (χ4n) is 4.01. The molecule has 0 unspecified atom stereocenters. The monoisotopic (exact) mass is 478 g/mol. The van der Waals surface area contributed by atoms with Crippen LogP contribution in [0.15, 0.2) is 64.3 Å². The number of thiocarbonyl (C=S) groups is 1. The molecule has 3 aromatic rings. The molecule has 1 aliphatic heterocycles. The average Bonchev–Trinajstić information content (AvgIpc) is 3.22. The van der Waals surface area contributed by atoms with Gasteiger partial charge in [0.15, 0.2) is 10.9 Å². The van der Waals surface area contributed by atoms with E-state index in [0.717, 1.165) is 16.8 Å². The van der Waals surface area contributed by atoms with Crippen molar-refractivity contribution in [1.29, 1.82) is 0 Å². The molecule has 0 bridgehead atoms. The van der Waals surface area contributed by atoms with Gasteiger partial charge in [-0.05, 0) is 62.8 Å². The lowest BCUT2D eigenvalue weighted by Crippen LogP contribution is -2.48. The topological polar surface area (TPSA) is 88.9 Å². The van der Waals surface area contributed by atoms with Crippen LogP contribution in [0.2, 0.25) is 0 Å². The van der Waals surface area contributed by atoms with Crippen molar-refractivity contribution < 1.29 is 18.8 Å². The number of aryl methyl sites for hydroxylation is 2. The molecule has 2 heterocycles. The first kappa shape index (κ1) is 23.3. The molecule has 2 aromatic carbocycles. The summed E-state index contributed by atoms with van der Waals surface area (Å²) in [6.07, 6.45) is 0. The van der Waals surface area contributed by atoms with Gasteiger partial charge in [-0.3, -0.25) is 9.69 Å². The van der Waals surface area contributed by atoms with E-state index in [9.17, 15) is 4.79 Å². The molecule has 0 spiro atoms. The van der Waals surface area contributed by atoms with Crippen LogP contribution in [0.3, 0.4) is 0 Å². The van der Waals surface area contributed by atoms with Crippen molar-refractivity contribution in [1.82, 2.24) is 10.5 Å². The number of hydrogen-bond acceptors (Lipinski definition) is 6. The number of aromatic nitrogens is 1. The van der Waals surface area contributed by atoms with Crippen LogP contribution in [0.25, 0.3) is 0 Å². The summed E-state index contributed by atoms with van der Waals surface area (Å²) in [6.45, 7) is 5.65. The quantitative estimate of drug-likeness (QED) is 0.495. The number of rotatable bonds is 6.